The first kappa shape index (κ1) is 17.1. The fourth-order valence-corrected chi connectivity index (χ4v) is 2.94. The summed E-state index contributed by atoms with van der Waals surface area (Å²) in [7, 11) is 0. The van der Waals surface area contributed by atoms with Gasteiger partial charge in [-0.1, -0.05) is 30.3 Å². The number of amides is 1. The Morgan fingerprint density at radius 3 is 2.80 bits per heavy atom. The Morgan fingerprint density at radius 2 is 2.08 bits per heavy atom. The van der Waals surface area contributed by atoms with Crippen molar-refractivity contribution in [3.63, 3.8) is 0 Å². The first-order valence-corrected chi connectivity index (χ1v) is 8.36. The topological polar surface area (TPSA) is 90.9 Å². The molecular formula is C19H22N4O2. The molecule has 0 bridgehead atoms. The second kappa shape index (κ2) is 7.44. The van der Waals surface area contributed by atoms with Crippen LogP contribution in [0.5, 0.6) is 0 Å². The lowest BCUT2D eigenvalue weighted by molar-refractivity contribution is 0.0945. The zero-order valence-electron chi connectivity index (χ0n) is 14.4. The highest BCUT2D eigenvalue weighted by Gasteiger charge is 2.16. The van der Waals surface area contributed by atoms with E-state index in [4.69, 9.17) is 0 Å². The van der Waals surface area contributed by atoms with E-state index in [9.17, 15) is 9.90 Å². The maximum Gasteiger partial charge on any atom is 0.252 e. The molecule has 2 atom stereocenters. The Labute approximate surface area is 146 Å². The van der Waals surface area contributed by atoms with Gasteiger partial charge >= 0.3 is 0 Å². The maximum atomic E-state index is 12.5. The van der Waals surface area contributed by atoms with Crippen molar-refractivity contribution in [2.45, 2.75) is 32.3 Å². The van der Waals surface area contributed by atoms with Gasteiger partial charge in [0.2, 0.25) is 0 Å². The van der Waals surface area contributed by atoms with Crippen LogP contribution in [0.2, 0.25) is 0 Å². The molecule has 2 aromatic heterocycles. The molecule has 0 aliphatic carbocycles. The van der Waals surface area contributed by atoms with Gasteiger partial charge < -0.3 is 10.4 Å². The van der Waals surface area contributed by atoms with Gasteiger partial charge in [0.25, 0.3) is 5.91 Å². The van der Waals surface area contributed by atoms with E-state index in [1.165, 1.54) is 6.20 Å². The lowest BCUT2D eigenvalue weighted by Crippen LogP contribution is -2.29. The Hall–Kier alpha value is -2.73. The Bertz CT molecular complexity index is 858. The van der Waals surface area contributed by atoms with Gasteiger partial charge in [-0.05, 0) is 31.9 Å². The number of aliphatic hydroxyl groups excluding tert-OH is 1. The van der Waals surface area contributed by atoms with Crippen LogP contribution in [-0.2, 0) is 0 Å². The molecule has 3 aromatic rings. The van der Waals surface area contributed by atoms with Crippen LogP contribution in [0.1, 0.15) is 40.9 Å². The molecule has 0 radical (unpaired) electrons. The van der Waals surface area contributed by atoms with E-state index in [0.29, 0.717) is 24.2 Å². The van der Waals surface area contributed by atoms with E-state index >= 15 is 0 Å². The second-order valence-corrected chi connectivity index (χ2v) is 6.35. The molecule has 0 fully saturated rings. The number of nitrogens with one attached hydrogen (secondary N) is 2. The second-order valence-electron chi connectivity index (χ2n) is 6.35. The average molecular weight is 338 g/mol. The van der Waals surface area contributed by atoms with Crippen molar-refractivity contribution >= 4 is 16.9 Å². The number of carbonyl (C=O) groups excluding carboxylic acids is 1. The van der Waals surface area contributed by atoms with E-state index in [1.54, 1.807) is 13.0 Å². The van der Waals surface area contributed by atoms with Crippen LogP contribution in [-0.4, -0.2) is 38.8 Å². The van der Waals surface area contributed by atoms with E-state index in [2.05, 4.69) is 20.5 Å². The summed E-state index contributed by atoms with van der Waals surface area (Å²) in [5, 5.41) is 20.5. The molecule has 1 amide bonds. The number of fused-ring (bicyclic) bond motifs is 1. The normalized spacial score (nSPS) is 13.6. The largest absolute Gasteiger partial charge is 0.393 e. The lowest BCUT2D eigenvalue weighted by Gasteiger charge is -2.19. The summed E-state index contributed by atoms with van der Waals surface area (Å²) < 4.78 is 0. The monoisotopic (exact) mass is 338 g/mol. The standard InChI is InChI=1S/C19H22N4O2/c1-12(24)8-15(14-6-4-3-5-7-14)10-21-19(25)16-9-17-13(2)22-23-18(17)20-11-16/h3-7,9,11-12,15,24H,8,10H2,1-2H3,(H,21,25)(H,20,22,23). The van der Waals surface area contributed by atoms with Crippen LogP contribution in [0.4, 0.5) is 0 Å². The molecular weight excluding hydrogens is 316 g/mol. The van der Waals surface area contributed by atoms with Gasteiger partial charge in [-0.2, -0.15) is 5.10 Å². The summed E-state index contributed by atoms with van der Waals surface area (Å²) in [6.45, 7) is 4.11. The third-order valence-electron chi connectivity index (χ3n) is 4.27. The molecule has 3 rings (SSSR count). The molecule has 2 unspecified atom stereocenters. The number of H-pyrrole nitrogens is 1. The number of aromatic nitrogens is 3. The SMILES string of the molecule is Cc1[nH]nc2ncc(C(=O)NCC(CC(C)O)c3ccccc3)cc12. The highest BCUT2D eigenvalue weighted by Crippen LogP contribution is 2.21. The van der Waals surface area contributed by atoms with Crippen LogP contribution in [0.15, 0.2) is 42.6 Å². The summed E-state index contributed by atoms with van der Waals surface area (Å²) in [4.78, 5) is 16.7. The minimum absolute atomic E-state index is 0.0532. The number of nitrogens with zero attached hydrogens (tertiary/aromatic N) is 2. The number of hydrogen-bond donors (Lipinski definition) is 3. The first-order valence-electron chi connectivity index (χ1n) is 8.36. The van der Waals surface area contributed by atoms with Gasteiger partial charge in [-0.15, -0.1) is 0 Å². The minimum atomic E-state index is -0.436. The number of aryl methyl sites for hydroxylation is 1. The Balaban J connectivity index is 1.72. The molecule has 6 heteroatoms. The molecule has 0 spiro atoms. The molecule has 0 aliphatic rings. The van der Waals surface area contributed by atoms with E-state index in [-0.39, 0.29) is 11.8 Å². The van der Waals surface area contributed by atoms with Gasteiger partial charge in [0.15, 0.2) is 5.65 Å². The van der Waals surface area contributed by atoms with Crippen molar-refractivity contribution in [1.29, 1.82) is 0 Å². The zero-order chi connectivity index (χ0) is 17.8. The van der Waals surface area contributed by atoms with Gasteiger partial charge in [0.05, 0.1) is 11.7 Å². The van der Waals surface area contributed by atoms with E-state index in [1.807, 2.05) is 37.3 Å². The molecule has 2 heterocycles. The van der Waals surface area contributed by atoms with Crippen LogP contribution in [0, 0.1) is 6.92 Å². The number of benzene rings is 1. The summed E-state index contributed by atoms with van der Waals surface area (Å²) in [6, 6.07) is 11.7. The Kier molecular flexibility index (Phi) is 5.09. The maximum absolute atomic E-state index is 12.5. The number of aromatic amines is 1. The highest BCUT2D eigenvalue weighted by atomic mass is 16.3. The molecule has 0 saturated heterocycles. The van der Waals surface area contributed by atoms with E-state index < -0.39 is 6.10 Å². The van der Waals surface area contributed by atoms with Gasteiger partial charge in [-0.3, -0.25) is 9.89 Å². The fourth-order valence-electron chi connectivity index (χ4n) is 2.94. The van der Waals surface area contributed by atoms with E-state index in [0.717, 1.165) is 16.6 Å². The van der Waals surface area contributed by atoms with Crippen LogP contribution in [0.3, 0.4) is 0 Å². The molecule has 25 heavy (non-hydrogen) atoms. The quantitative estimate of drug-likeness (QED) is 0.644. The van der Waals surface area contributed by atoms with Crippen LogP contribution >= 0.6 is 0 Å². The lowest BCUT2D eigenvalue weighted by atomic mass is 9.93. The summed E-state index contributed by atoms with van der Waals surface area (Å²) in [5.74, 6) is -0.126. The third kappa shape index (κ3) is 4.03. The molecule has 6 nitrogen and oxygen atoms in total. The van der Waals surface area contributed by atoms with Crippen molar-refractivity contribution in [3.8, 4) is 0 Å². The number of carbonyl (C=O) groups is 1. The summed E-state index contributed by atoms with van der Waals surface area (Å²) in [6.07, 6.45) is 1.68. The van der Waals surface area contributed by atoms with Crippen molar-refractivity contribution < 1.29 is 9.90 Å². The highest BCUT2D eigenvalue weighted by molar-refractivity contribution is 5.97. The summed E-state index contributed by atoms with van der Waals surface area (Å²) >= 11 is 0. The molecule has 0 aliphatic heterocycles. The molecule has 1 aromatic carbocycles. The smallest absolute Gasteiger partial charge is 0.252 e. The fraction of sp³-hybridized carbons (Fsp3) is 0.316. The first-order chi connectivity index (χ1) is 12.0. The summed E-state index contributed by atoms with van der Waals surface area (Å²) in [5.41, 5.74) is 3.09. The average Bonchev–Trinajstić information content (AvgIpc) is 2.99. The molecule has 0 saturated carbocycles. The van der Waals surface area contributed by atoms with Crippen LogP contribution < -0.4 is 5.32 Å². The van der Waals surface area contributed by atoms with Crippen molar-refractivity contribution in [2.75, 3.05) is 6.54 Å². The van der Waals surface area contributed by atoms with Crippen LogP contribution in [0.25, 0.3) is 11.0 Å². The zero-order valence-corrected chi connectivity index (χ0v) is 14.4. The Morgan fingerprint density at radius 1 is 1.32 bits per heavy atom. The molecule has 130 valence electrons. The predicted molar refractivity (Wildman–Crippen MR) is 96.4 cm³/mol. The van der Waals surface area contributed by atoms with Crippen molar-refractivity contribution in [1.82, 2.24) is 20.5 Å². The van der Waals surface area contributed by atoms with Crippen molar-refractivity contribution in [2.24, 2.45) is 0 Å². The number of hydrogen-bond acceptors (Lipinski definition) is 4. The van der Waals surface area contributed by atoms with Crippen molar-refractivity contribution in [3.05, 3.63) is 59.4 Å². The predicted octanol–water partition coefficient (Wildman–Crippen LogP) is 2.55. The molecule has 3 N–H and O–H groups in total. The number of pyridine rings is 1. The van der Waals surface area contributed by atoms with Gasteiger partial charge in [0.1, 0.15) is 0 Å². The number of rotatable bonds is 6. The van der Waals surface area contributed by atoms with Gasteiger partial charge in [-0.25, -0.2) is 4.98 Å². The number of aliphatic hydroxyl groups is 1. The minimum Gasteiger partial charge on any atom is -0.393 e. The third-order valence-corrected chi connectivity index (χ3v) is 4.27. The van der Waals surface area contributed by atoms with Gasteiger partial charge in [0, 0.05) is 29.7 Å².